The zero-order chi connectivity index (χ0) is 23.0. The summed E-state index contributed by atoms with van der Waals surface area (Å²) in [6, 6.07) is 11.9. The van der Waals surface area contributed by atoms with E-state index in [-0.39, 0.29) is 17.5 Å². The smallest absolute Gasteiger partial charge is 0.280 e. The SMILES string of the molecule is Cn1c(C2(C#N)CCCC2)nc2sc(N3CCCC3C(=O)NCc3ccccc3)nc2c1=O. The molecule has 3 aromatic rings. The number of anilines is 1. The van der Waals surface area contributed by atoms with E-state index in [9.17, 15) is 14.9 Å². The third kappa shape index (κ3) is 3.78. The lowest BCUT2D eigenvalue weighted by molar-refractivity contribution is -0.122. The van der Waals surface area contributed by atoms with Gasteiger partial charge in [-0.25, -0.2) is 9.97 Å². The average Bonchev–Trinajstić information content (AvgIpc) is 3.59. The molecule has 0 spiro atoms. The summed E-state index contributed by atoms with van der Waals surface area (Å²) >= 11 is 1.34. The first-order valence-corrected chi connectivity index (χ1v) is 12.2. The molecule has 8 nitrogen and oxygen atoms in total. The van der Waals surface area contributed by atoms with E-state index in [0.29, 0.717) is 34.4 Å². The number of thiazole rings is 1. The van der Waals surface area contributed by atoms with Crippen molar-refractivity contribution < 1.29 is 4.79 Å². The predicted octanol–water partition coefficient (Wildman–Crippen LogP) is 3.01. The van der Waals surface area contributed by atoms with Crippen LogP contribution in [0.2, 0.25) is 0 Å². The Hall–Kier alpha value is -3.25. The molecule has 1 aliphatic heterocycles. The molecule has 2 aromatic heterocycles. The lowest BCUT2D eigenvalue weighted by atomic mass is 9.87. The summed E-state index contributed by atoms with van der Waals surface area (Å²) in [6.07, 6.45) is 4.98. The van der Waals surface area contributed by atoms with Gasteiger partial charge in [0.1, 0.15) is 17.3 Å². The minimum atomic E-state index is -0.709. The number of carbonyl (C=O) groups excluding carboxylic acids is 1. The molecule has 1 unspecified atom stereocenters. The highest BCUT2D eigenvalue weighted by Gasteiger charge is 2.40. The molecular weight excluding hydrogens is 436 g/mol. The fourth-order valence-electron chi connectivity index (χ4n) is 5.03. The van der Waals surface area contributed by atoms with Gasteiger partial charge in [0.05, 0.1) is 6.07 Å². The van der Waals surface area contributed by atoms with Gasteiger partial charge in [-0.05, 0) is 31.2 Å². The van der Waals surface area contributed by atoms with Gasteiger partial charge in [-0.1, -0.05) is 54.5 Å². The second-order valence-electron chi connectivity index (χ2n) is 8.91. The molecule has 2 fully saturated rings. The molecule has 33 heavy (non-hydrogen) atoms. The van der Waals surface area contributed by atoms with Crippen LogP contribution < -0.4 is 15.8 Å². The Morgan fingerprint density at radius 2 is 2.00 bits per heavy atom. The molecule has 5 rings (SSSR count). The van der Waals surface area contributed by atoms with Crippen molar-refractivity contribution in [3.05, 3.63) is 52.1 Å². The lowest BCUT2D eigenvalue weighted by Gasteiger charge is -2.23. The Morgan fingerprint density at radius 3 is 2.73 bits per heavy atom. The van der Waals surface area contributed by atoms with E-state index in [1.54, 1.807) is 7.05 Å². The molecule has 170 valence electrons. The van der Waals surface area contributed by atoms with Crippen molar-refractivity contribution in [2.75, 3.05) is 11.4 Å². The second kappa shape index (κ2) is 8.60. The van der Waals surface area contributed by atoms with Gasteiger partial charge in [-0.15, -0.1) is 0 Å². The van der Waals surface area contributed by atoms with Gasteiger partial charge >= 0.3 is 0 Å². The van der Waals surface area contributed by atoms with Crippen molar-refractivity contribution in [2.24, 2.45) is 7.05 Å². The summed E-state index contributed by atoms with van der Waals surface area (Å²) in [5.41, 5.74) is 0.416. The Morgan fingerprint density at radius 1 is 1.24 bits per heavy atom. The van der Waals surface area contributed by atoms with E-state index < -0.39 is 5.41 Å². The van der Waals surface area contributed by atoms with E-state index in [4.69, 9.17) is 4.98 Å². The van der Waals surface area contributed by atoms with Gasteiger partial charge in [0.2, 0.25) is 5.91 Å². The molecule has 1 amide bonds. The standard InChI is InChI=1S/C24H26N6O2S/c1-29-21(32)18-20(28-22(29)24(15-25)11-5-6-12-24)33-23(27-18)30-13-7-10-17(30)19(31)26-14-16-8-3-2-4-9-16/h2-4,8-9,17H,5-7,10-14H2,1H3,(H,26,31). The summed E-state index contributed by atoms with van der Waals surface area (Å²) in [5.74, 6) is 0.500. The van der Waals surface area contributed by atoms with Crippen LogP contribution in [-0.4, -0.2) is 33.0 Å². The molecule has 1 saturated carbocycles. The zero-order valence-electron chi connectivity index (χ0n) is 18.6. The molecule has 2 aliphatic rings. The molecule has 1 N–H and O–H groups in total. The normalized spacial score (nSPS) is 19.6. The molecule has 0 radical (unpaired) electrons. The quantitative estimate of drug-likeness (QED) is 0.625. The summed E-state index contributed by atoms with van der Waals surface area (Å²) in [7, 11) is 1.68. The van der Waals surface area contributed by atoms with E-state index in [1.165, 1.54) is 15.9 Å². The van der Waals surface area contributed by atoms with E-state index in [1.807, 2.05) is 35.2 Å². The summed E-state index contributed by atoms with van der Waals surface area (Å²) in [5, 5.41) is 13.6. The summed E-state index contributed by atoms with van der Waals surface area (Å²) < 4.78 is 1.49. The number of amides is 1. The zero-order valence-corrected chi connectivity index (χ0v) is 19.4. The van der Waals surface area contributed by atoms with Crippen molar-refractivity contribution in [2.45, 2.75) is 56.5 Å². The van der Waals surface area contributed by atoms with Crippen LogP contribution in [0.25, 0.3) is 10.3 Å². The van der Waals surface area contributed by atoms with Gasteiger partial charge in [0.25, 0.3) is 5.56 Å². The van der Waals surface area contributed by atoms with E-state index in [2.05, 4.69) is 16.4 Å². The number of hydrogen-bond acceptors (Lipinski definition) is 7. The highest BCUT2D eigenvalue weighted by atomic mass is 32.1. The minimum Gasteiger partial charge on any atom is -0.350 e. The maximum atomic E-state index is 13.1. The first-order chi connectivity index (χ1) is 16.0. The topological polar surface area (TPSA) is 104 Å². The predicted molar refractivity (Wildman–Crippen MR) is 127 cm³/mol. The number of nitrogens with zero attached hydrogens (tertiary/aromatic N) is 5. The molecule has 3 heterocycles. The average molecular weight is 463 g/mol. The van der Waals surface area contributed by atoms with Crippen molar-refractivity contribution in [3.8, 4) is 6.07 Å². The van der Waals surface area contributed by atoms with Crippen molar-refractivity contribution in [1.82, 2.24) is 19.9 Å². The van der Waals surface area contributed by atoms with Gasteiger partial charge < -0.3 is 10.2 Å². The monoisotopic (exact) mass is 462 g/mol. The second-order valence-corrected chi connectivity index (χ2v) is 9.86. The van der Waals surface area contributed by atoms with Gasteiger partial charge in [0.15, 0.2) is 15.5 Å². The van der Waals surface area contributed by atoms with Crippen molar-refractivity contribution in [3.63, 3.8) is 0 Å². The van der Waals surface area contributed by atoms with Crippen molar-refractivity contribution >= 4 is 32.7 Å². The molecule has 1 aromatic carbocycles. The summed E-state index contributed by atoms with van der Waals surface area (Å²) in [6.45, 7) is 1.18. The number of rotatable bonds is 5. The largest absolute Gasteiger partial charge is 0.350 e. The van der Waals surface area contributed by atoms with Crippen LogP contribution in [0.5, 0.6) is 0 Å². The minimum absolute atomic E-state index is 0.0356. The van der Waals surface area contributed by atoms with Crippen LogP contribution in [0.15, 0.2) is 35.1 Å². The Kier molecular flexibility index (Phi) is 5.62. The molecule has 1 atom stereocenters. The van der Waals surface area contributed by atoms with Gasteiger partial charge in [-0.2, -0.15) is 5.26 Å². The van der Waals surface area contributed by atoms with Crippen LogP contribution in [0.1, 0.15) is 49.9 Å². The summed E-state index contributed by atoms with van der Waals surface area (Å²) in [4.78, 5) is 38.0. The molecule has 0 bridgehead atoms. The van der Waals surface area contributed by atoms with Crippen LogP contribution in [0.3, 0.4) is 0 Å². The molecular formula is C24H26N6O2S. The van der Waals surface area contributed by atoms with Gasteiger partial charge in [0, 0.05) is 20.1 Å². The maximum absolute atomic E-state index is 13.1. The molecule has 1 aliphatic carbocycles. The third-order valence-electron chi connectivity index (χ3n) is 6.84. The number of fused-ring (bicyclic) bond motifs is 1. The number of nitriles is 1. The van der Waals surface area contributed by atoms with Crippen LogP contribution in [0, 0.1) is 11.3 Å². The number of hydrogen-bond donors (Lipinski definition) is 1. The fraction of sp³-hybridized carbons (Fsp3) is 0.458. The van der Waals surface area contributed by atoms with Crippen LogP contribution in [-0.2, 0) is 23.8 Å². The number of benzene rings is 1. The Labute approximate surface area is 195 Å². The fourth-order valence-corrected chi connectivity index (χ4v) is 6.04. The van der Waals surface area contributed by atoms with Gasteiger partial charge in [-0.3, -0.25) is 14.2 Å². The number of nitrogens with one attached hydrogen (secondary N) is 1. The highest BCUT2D eigenvalue weighted by molar-refractivity contribution is 7.21. The van der Waals surface area contributed by atoms with Crippen molar-refractivity contribution in [1.29, 1.82) is 5.26 Å². The first-order valence-electron chi connectivity index (χ1n) is 11.4. The Balaban J connectivity index is 1.43. The number of carbonyl (C=O) groups is 1. The third-order valence-corrected chi connectivity index (χ3v) is 7.83. The maximum Gasteiger partial charge on any atom is 0.280 e. The molecule has 1 saturated heterocycles. The van der Waals surface area contributed by atoms with Crippen LogP contribution in [0.4, 0.5) is 5.13 Å². The Bertz CT molecular complexity index is 1290. The molecule has 9 heteroatoms. The van der Waals surface area contributed by atoms with E-state index >= 15 is 0 Å². The van der Waals surface area contributed by atoms with E-state index in [0.717, 1.165) is 44.1 Å². The lowest BCUT2D eigenvalue weighted by Crippen LogP contribution is -2.43. The number of aromatic nitrogens is 3. The first kappa shape index (κ1) is 21.6. The highest BCUT2D eigenvalue weighted by Crippen LogP contribution is 2.40. The van der Waals surface area contributed by atoms with Crippen LogP contribution >= 0.6 is 11.3 Å².